The molecule has 0 aromatic heterocycles. The Morgan fingerprint density at radius 1 is 1.38 bits per heavy atom. The molecule has 0 spiro atoms. The van der Waals surface area contributed by atoms with Gasteiger partial charge in [0.1, 0.15) is 0 Å². The van der Waals surface area contributed by atoms with Crippen LogP contribution in [0.3, 0.4) is 0 Å². The quantitative estimate of drug-likeness (QED) is 0.648. The van der Waals surface area contributed by atoms with Crippen LogP contribution in [0.4, 0.5) is 13.2 Å². The molecule has 78 valence electrons. The Morgan fingerprint density at radius 2 is 2.08 bits per heavy atom. The minimum absolute atomic E-state index is 0.115. The molecule has 1 nitrogen and oxygen atoms in total. The van der Waals surface area contributed by atoms with Crippen LogP contribution in [-0.4, -0.2) is 29.0 Å². The first-order valence-electron chi connectivity index (χ1n) is 4.63. The number of rotatable bonds is 3. The molecule has 0 radical (unpaired) electrons. The first kappa shape index (κ1) is 11.0. The van der Waals surface area contributed by atoms with Gasteiger partial charge in [0.05, 0.1) is 0 Å². The highest BCUT2D eigenvalue weighted by molar-refractivity contribution is 6.27. The summed E-state index contributed by atoms with van der Waals surface area (Å²) < 4.78 is 42.2. The van der Waals surface area contributed by atoms with Gasteiger partial charge in [0.2, 0.25) is 0 Å². The molecule has 0 saturated carbocycles. The lowest BCUT2D eigenvalue weighted by Gasteiger charge is -2.29. The van der Waals surface area contributed by atoms with E-state index in [0.29, 0.717) is 6.61 Å². The van der Waals surface area contributed by atoms with Crippen LogP contribution in [0, 0.1) is 11.8 Å². The molecule has 1 rings (SSSR count). The van der Waals surface area contributed by atoms with Crippen LogP contribution in [0.15, 0.2) is 0 Å². The largest absolute Gasteiger partial charge is 0.424 e. The second kappa shape index (κ2) is 5.00. The summed E-state index contributed by atoms with van der Waals surface area (Å²) in [7, 11) is -0.550. The Morgan fingerprint density at radius 3 is 2.54 bits per heavy atom. The van der Waals surface area contributed by atoms with E-state index in [-0.39, 0.29) is 5.92 Å². The van der Waals surface area contributed by atoms with Gasteiger partial charge >= 0.3 is 0 Å². The van der Waals surface area contributed by atoms with E-state index >= 15 is 0 Å². The smallest absolute Gasteiger partial charge is 0.269 e. The van der Waals surface area contributed by atoms with E-state index in [9.17, 15) is 13.2 Å². The minimum atomic E-state index is -2.83. The van der Waals surface area contributed by atoms with Gasteiger partial charge in [0, 0.05) is 6.61 Å². The van der Waals surface area contributed by atoms with Crippen molar-refractivity contribution in [2.75, 3.05) is 6.61 Å². The summed E-state index contributed by atoms with van der Waals surface area (Å²) in [5, 5.41) is 0. The van der Waals surface area contributed by atoms with E-state index in [1.807, 2.05) is 0 Å². The van der Waals surface area contributed by atoms with Crippen LogP contribution in [0.25, 0.3) is 0 Å². The molecule has 0 aliphatic carbocycles. The van der Waals surface area contributed by atoms with Crippen molar-refractivity contribution in [1.29, 1.82) is 0 Å². The second-order valence-corrected chi connectivity index (χ2v) is 4.98. The van der Waals surface area contributed by atoms with E-state index in [1.54, 1.807) is 6.92 Å². The number of alkyl halides is 3. The van der Waals surface area contributed by atoms with Crippen molar-refractivity contribution in [3.8, 4) is 0 Å². The zero-order valence-corrected chi connectivity index (χ0v) is 9.09. The zero-order valence-electron chi connectivity index (χ0n) is 7.68. The van der Waals surface area contributed by atoms with Crippen molar-refractivity contribution >= 4 is 9.76 Å². The Kier molecular flexibility index (Phi) is 4.25. The molecule has 3 atom stereocenters. The van der Waals surface area contributed by atoms with Gasteiger partial charge in [-0.2, -0.15) is 0 Å². The molecule has 0 bridgehead atoms. The van der Waals surface area contributed by atoms with Crippen LogP contribution in [0.5, 0.6) is 0 Å². The highest BCUT2D eigenvalue weighted by Gasteiger charge is 2.32. The summed E-state index contributed by atoms with van der Waals surface area (Å²) in [5.41, 5.74) is 0. The second-order valence-electron chi connectivity index (χ2n) is 3.59. The van der Waals surface area contributed by atoms with Crippen molar-refractivity contribution in [2.24, 2.45) is 11.8 Å². The molecule has 0 N–H and O–H groups in total. The summed E-state index contributed by atoms with van der Waals surface area (Å²) in [6, 6.07) is 0.842. The highest BCUT2D eigenvalue weighted by atomic mass is 28.2. The van der Waals surface area contributed by atoms with Crippen molar-refractivity contribution in [2.45, 2.75) is 32.0 Å². The molecule has 0 amide bonds. The maximum atomic E-state index is 12.9. The maximum Gasteiger partial charge on any atom is 0.269 e. The SMILES string of the molecule is CC(C1CCO[SiH2]C1)C(F)C(F)F. The first-order chi connectivity index (χ1) is 6.13. The molecule has 1 aliphatic heterocycles. The molecule has 1 aliphatic rings. The first-order valence-corrected chi connectivity index (χ1v) is 6.20. The van der Waals surface area contributed by atoms with Gasteiger partial charge in [0.25, 0.3) is 6.43 Å². The van der Waals surface area contributed by atoms with E-state index < -0.39 is 28.3 Å². The molecular formula is C8H15F3OSi. The van der Waals surface area contributed by atoms with Crippen LogP contribution in [0.1, 0.15) is 13.3 Å². The number of hydrogen-bond acceptors (Lipinski definition) is 1. The van der Waals surface area contributed by atoms with Crippen molar-refractivity contribution < 1.29 is 17.6 Å². The normalized spacial score (nSPS) is 30.7. The van der Waals surface area contributed by atoms with Gasteiger partial charge in [-0.1, -0.05) is 6.92 Å². The lowest BCUT2D eigenvalue weighted by molar-refractivity contribution is 0.00164. The molecular weight excluding hydrogens is 197 g/mol. The third-order valence-corrected chi connectivity index (χ3v) is 4.31. The number of hydrogen-bond donors (Lipinski definition) is 0. The van der Waals surface area contributed by atoms with Crippen LogP contribution in [0.2, 0.25) is 6.04 Å². The van der Waals surface area contributed by atoms with Crippen molar-refractivity contribution in [3.05, 3.63) is 0 Å². The lowest BCUT2D eigenvalue weighted by atomic mass is 9.89. The third kappa shape index (κ3) is 2.98. The minimum Gasteiger partial charge on any atom is -0.424 e. The predicted molar refractivity (Wildman–Crippen MR) is 47.5 cm³/mol. The maximum absolute atomic E-state index is 12.9. The molecule has 1 heterocycles. The van der Waals surface area contributed by atoms with E-state index in [1.165, 1.54) is 0 Å². The monoisotopic (exact) mass is 212 g/mol. The van der Waals surface area contributed by atoms with Crippen LogP contribution in [-0.2, 0) is 4.43 Å². The molecule has 0 aromatic carbocycles. The molecule has 13 heavy (non-hydrogen) atoms. The molecule has 5 heteroatoms. The van der Waals surface area contributed by atoms with Crippen LogP contribution >= 0.6 is 0 Å². The summed E-state index contributed by atoms with van der Waals surface area (Å²) in [5.74, 6) is -0.402. The third-order valence-electron chi connectivity index (χ3n) is 2.75. The number of halogens is 3. The summed E-state index contributed by atoms with van der Waals surface area (Å²) >= 11 is 0. The predicted octanol–water partition coefficient (Wildman–Crippen LogP) is 1.76. The van der Waals surface area contributed by atoms with E-state index in [0.717, 1.165) is 12.5 Å². The van der Waals surface area contributed by atoms with Gasteiger partial charge in [-0.3, -0.25) is 0 Å². The fourth-order valence-corrected chi connectivity index (χ4v) is 3.39. The Bertz CT molecular complexity index is 150. The fraction of sp³-hybridized carbons (Fsp3) is 1.00. The Balaban J connectivity index is 2.40. The van der Waals surface area contributed by atoms with Gasteiger partial charge in [-0.05, 0) is 24.3 Å². The molecule has 1 fully saturated rings. The zero-order chi connectivity index (χ0) is 9.84. The van der Waals surface area contributed by atoms with Crippen LogP contribution < -0.4 is 0 Å². The van der Waals surface area contributed by atoms with Crippen molar-refractivity contribution in [3.63, 3.8) is 0 Å². The van der Waals surface area contributed by atoms with E-state index in [2.05, 4.69) is 0 Å². The Hall–Kier alpha value is -0.0331. The van der Waals surface area contributed by atoms with E-state index in [4.69, 9.17) is 4.43 Å². The average Bonchev–Trinajstić information content (AvgIpc) is 2.17. The summed E-state index contributed by atoms with van der Waals surface area (Å²) in [6.07, 6.45) is -4.06. The average molecular weight is 212 g/mol. The molecule has 0 aromatic rings. The molecule has 1 saturated heterocycles. The fourth-order valence-electron chi connectivity index (χ4n) is 1.73. The summed E-state index contributed by atoms with van der Waals surface area (Å²) in [6.45, 7) is 2.22. The van der Waals surface area contributed by atoms with Gasteiger partial charge in [-0.25, -0.2) is 13.2 Å². The van der Waals surface area contributed by atoms with Gasteiger partial charge in [0.15, 0.2) is 15.9 Å². The van der Waals surface area contributed by atoms with Crippen molar-refractivity contribution in [1.82, 2.24) is 0 Å². The Labute approximate surface area is 78.6 Å². The highest BCUT2D eigenvalue weighted by Crippen LogP contribution is 2.29. The van der Waals surface area contributed by atoms with Gasteiger partial charge in [-0.15, -0.1) is 0 Å². The summed E-state index contributed by atoms with van der Waals surface area (Å²) in [4.78, 5) is 0. The standard InChI is InChI=1S/C8H15F3OSi/c1-5(7(9)8(10)11)6-2-3-12-13-4-6/h5-8H,2-4,13H2,1H3. The topological polar surface area (TPSA) is 9.23 Å². The van der Waals surface area contributed by atoms with Gasteiger partial charge < -0.3 is 4.43 Å². The molecule has 3 unspecified atom stereocenters. The lowest BCUT2D eigenvalue weighted by Crippen LogP contribution is -2.31.